The molecule has 0 heterocycles. The summed E-state index contributed by atoms with van der Waals surface area (Å²) < 4.78 is 5.22. The monoisotopic (exact) mass is 508 g/mol. The Balaban J connectivity index is 2.57. The summed E-state index contributed by atoms with van der Waals surface area (Å²) >= 11 is 0. The summed E-state index contributed by atoms with van der Waals surface area (Å²) in [6.07, 6.45) is -0.902. The standard InChI is InChI=1S/C28H36N4O5/c1-17-10-8-11-18(2)22(17)24(25(34)31-23-19(3)12-9-13-20(23)4)32(15-14-29)26(35)21(16-33)30-27(36)37-28(5,6)7/h8-13,21,24,33H,15-16H2,1-7H3,(H,30,36)(H,31,34). The second-order valence-electron chi connectivity index (χ2n) is 9.97. The number of anilines is 1. The number of amides is 3. The van der Waals surface area contributed by atoms with E-state index in [1.807, 2.05) is 70.2 Å². The summed E-state index contributed by atoms with van der Waals surface area (Å²) in [4.78, 5) is 41.0. The van der Waals surface area contributed by atoms with Gasteiger partial charge in [-0.3, -0.25) is 9.59 Å². The van der Waals surface area contributed by atoms with Gasteiger partial charge < -0.3 is 25.4 Å². The van der Waals surface area contributed by atoms with Gasteiger partial charge in [0.05, 0.1) is 12.7 Å². The van der Waals surface area contributed by atoms with Crippen LogP contribution in [0.15, 0.2) is 36.4 Å². The molecule has 3 amide bonds. The summed E-state index contributed by atoms with van der Waals surface area (Å²) in [6, 6.07) is 10.4. The molecule has 2 unspecified atom stereocenters. The van der Waals surface area contributed by atoms with Crippen LogP contribution in [0.3, 0.4) is 0 Å². The molecule has 0 aliphatic heterocycles. The molecule has 2 rings (SSSR count). The number of aryl methyl sites for hydroxylation is 4. The lowest BCUT2D eigenvalue weighted by Crippen LogP contribution is -2.54. The number of rotatable bonds is 8. The molecule has 0 spiro atoms. The molecule has 2 aromatic carbocycles. The molecule has 3 N–H and O–H groups in total. The summed E-state index contributed by atoms with van der Waals surface area (Å²) in [6.45, 7) is 11.2. The molecule has 0 aliphatic rings. The van der Waals surface area contributed by atoms with Crippen LogP contribution in [0, 0.1) is 39.0 Å². The third-order valence-electron chi connectivity index (χ3n) is 5.80. The maximum absolute atomic E-state index is 13.9. The van der Waals surface area contributed by atoms with E-state index >= 15 is 0 Å². The average Bonchev–Trinajstić information content (AvgIpc) is 2.79. The van der Waals surface area contributed by atoms with Crippen LogP contribution < -0.4 is 10.6 Å². The van der Waals surface area contributed by atoms with E-state index in [-0.39, 0.29) is 0 Å². The Bertz CT molecular complexity index is 1160. The number of nitrogens with zero attached hydrogens (tertiary/aromatic N) is 2. The molecule has 0 saturated carbocycles. The second kappa shape index (κ2) is 12.4. The van der Waals surface area contributed by atoms with Crippen molar-refractivity contribution in [3.05, 3.63) is 64.2 Å². The zero-order valence-corrected chi connectivity index (χ0v) is 22.5. The van der Waals surface area contributed by atoms with Gasteiger partial charge in [-0.15, -0.1) is 0 Å². The first-order valence-electron chi connectivity index (χ1n) is 12.0. The van der Waals surface area contributed by atoms with E-state index in [0.717, 1.165) is 27.2 Å². The van der Waals surface area contributed by atoms with Crippen molar-refractivity contribution in [3.63, 3.8) is 0 Å². The first-order valence-corrected chi connectivity index (χ1v) is 12.0. The van der Waals surface area contributed by atoms with Crippen molar-refractivity contribution in [2.45, 2.75) is 66.2 Å². The van der Waals surface area contributed by atoms with Gasteiger partial charge in [-0.2, -0.15) is 5.26 Å². The number of nitriles is 1. The van der Waals surface area contributed by atoms with Crippen molar-refractivity contribution >= 4 is 23.6 Å². The van der Waals surface area contributed by atoms with Gasteiger partial charge in [-0.25, -0.2) is 4.79 Å². The molecule has 198 valence electrons. The predicted octanol–water partition coefficient (Wildman–Crippen LogP) is 3.84. The molecule has 9 heteroatoms. The highest BCUT2D eigenvalue weighted by Gasteiger charge is 2.37. The number of benzene rings is 2. The number of hydrogen-bond donors (Lipinski definition) is 3. The third kappa shape index (κ3) is 7.54. The number of ether oxygens (including phenoxy) is 1. The van der Waals surface area contributed by atoms with Crippen LogP contribution in [0.25, 0.3) is 0 Å². The fraction of sp³-hybridized carbons (Fsp3) is 0.429. The third-order valence-corrected chi connectivity index (χ3v) is 5.80. The van der Waals surface area contributed by atoms with Gasteiger partial charge in [0.15, 0.2) is 0 Å². The quantitative estimate of drug-likeness (QED) is 0.464. The van der Waals surface area contributed by atoms with E-state index in [1.54, 1.807) is 20.8 Å². The Morgan fingerprint density at radius 1 is 1.00 bits per heavy atom. The van der Waals surface area contributed by atoms with Crippen LogP contribution in [0.4, 0.5) is 10.5 Å². The van der Waals surface area contributed by atoms with Crippen molar-refractivity contribution in [2.75, 3.05) is 18.5 Å². The van der Waals surface area contributed by atoms with Crippen molar-refractivity contribution in [3.8, 4) is 6.07 Å². The average molecular weight is 509 g/mol. The fourth-order valence-electron chi connectivity index (χ4n) is 4.10. The molecule has 0 aliphatic carbocycles. The topological polar surface area (TPSA) is 132 Å². The Morgan fingerprint density at radius 3 is 1.97 bits per heavy atom. The van der Waals surface area contributed by atoms with Gasteiger partial charge in [-0.05, 0) is 76.3 Å². The lowest BCUT2D eigenvalue weighted by molar-refractivity contribution is -0.140. The van der Waals surface area contributed by atoms with Gasteiger partial charge >= 0.3 is 6.09 Å². The molecular weight excluding hydrogens is 472 g/mol. The minimum Gasteiger partial charge on any atom is -0.444 e. The largest absolute Gasteiger partial charge is 0.444 e. The number of hydrogen-bond acceptors (Lipinski definition) is 6. The van der Waals surface area contributed by atoms with Crippen molar-refractivity contribution < 1.29 is 24.2 Å². The molecule has 0 saturated heterocycles. The predicted molar refractivity (Wildman–Crippen MR) is 141 cm³/mol. The molecule has 0 aromatic heterocycles. The minimum atomic E-state index is -1.43. The first kappa shape index (κ1) is 29.3. The Morgan fingerprint density at radius 2 is 1.51 bits per heavy atom. The summed E-state index contributed by atoms with van der Waals surface area (Å²) in [5.41, 5.74) is 3.52. The SMILES string of the molecule is Cc1cccc(C)c1NC(=O)C(c1c(C)cccc1C)N(CC#N)C(=O)C(CO)NC(=O)OC(C)(C)C. The fourth-order valence-corrected chi connectivity index (χ4v) is 4.10. The van der Waals surface area contributed by atoms with Crippen molar-refractivity contribution in [1.29, 1.82) is 5.26 Å². The van der Waals surface area contributed by atoms with Gasteiger partial charge in [0.2, 0.25) is 5.91 Å². The number of aliphatic hydroxyl groups is 1. The zero-order valence-electron chi connectivity index (χ0n) is 22.5. The number of carbonyl (C=O) groups is 3. The summed E-state index contributed by atoms with van der Waals surface area (Å²) in [5.74, 6) is -1.31. The number of aliphatic hydroxyl groups excluding tert-OH is 1. The van der Waals surface area contributed by atoms with Gasteiger partial charge in [0, 0.05) is 5.69 Å². The van der Waals surface area contributed by atoms with Crippen LogP contribution in [0.5, 0.6) is 0 Å². The zero-order chi connectivity index (χ0) is 27.9. The highest BCUT2D eigenvalue weighted by Crippen LogP contribution is 2.30. The number of para-hydroxylation sites is 1. The molecule has 2 atom stereocenters. The van der Waals surface area contributed by atoms with Gasteiger partial charge in [0.1, 0.15) is 24.2 Å². The van der Waals surface area contributed by atoms with Gasteiger partial charge in [-0.1, -0.05) is 36.4 Å². The van der Waals surface area contributed by atoms with Crippen LogP contribution in [0.1, 0.15) is 54.6 Å². The summed E-state index contributed by atoms with van der Waals surface area (Å²) in [7, 11) is 0. The normalized spacial score (nSPS) is 12.6. The molecule has 9 nitrogen and oxygen atoms in total. The number of nitrogens with one attached hydrogen (secondary N) is 2. The highest BCUT2D eigenvalue weighted by molar-refractivity contribution is 6.00. The molecule has 0 fully saturated rings. The molecule has 37 heavy (non-hydrogen) atoms. The number of carbonyl (C=O) groups excluding carboxylic acids is 3. The molecular formula is C28H36N4O5. The molecule has 0 radical (unpaired) electrons. The number of alkyl carbamates (subject to hydrolysis) is 1. The smallest absolute Gasteiger partial charge is 0.408 e. The Hall–Kier alpha value is -3.90. The lowest BCUT2D eigenvalue weighted by atomic mass is 9.93. The Kier molecular flexibility index (Phi) is 9.81. The Labute approximate surface area is 218 Å². The lowest BCUT2D eigenvalue weighted by Gasteiger charge is -2.34. The highest BCUT2D eigenvalue weighted by atomic mass is 16.6. The maximum atomic E-state index is 13.9. The van der Waals surface area contributed by atoms with E-state index in [4.69, 9.17) is 4.74 Å². The van der Waals surface area contributed by atoms with Crippen molar-refractivity contribution in [1.82, 2.24) is 10.2 Å². The van der Waals surface area contributed by atoms with Crippen LogP contribution in [-0.4, -0.2) is 52.7 Å². The van der Waals surface area contributed by atoms with E-state index in [2.05, 4.69) is 10.6 Å². The van der Waals surface area contributed by atoms with E-state index < -0.39 is 48.7 Å². The van der Waals surface area contributed by atoms with E-state index in [0.29, 0.717) is 11.3 Å². The van der Waals surface area contributed by atoms with Gasteiger partial charge in [0.25, 0.3) is 5.91 Å². The van der Waals surface area contributed by atoms with Crippen LogP contribution in [-0.2, 0) is 14.3 Å². The second-order valence-corrected chi connectivity index (χ2v) is 9.97. The van der Waals surface area contributed by atoms with Crippen LogP contribution >= 0.6 is 0 Å². The van der Waals surface area contributed by atoms with Crippen molar-refractivity contribution in [2.24, 2.45) is 0 Å². The molecule has 2 aromatic rings. The first-order chi connectivity index (χ1) is 17.3. The maximum Gasteiger partial charge on any atom is 0.408 e. The van der Waals surface area contributed by atoms with E-state index in [9.17, 15) is 24.8 Å². The summed E-state index contributed by atoms with van der Waals surface area (Å²) in [5, 5.41) is 24.9. The molecule has 0 bridgehead atoms. The minimum absolute atomic E-state index is 0.454. The van der Waals surface area contributed by atoms with E-state index in [1.165, 1.54) is 0 Å². The van der Waals surface area contributed by atoms with Crippen LogP contribution in [0.2, 0.25) is 0 Å².